The highest BCUT2D eigenvalue weighted by molar-refractivity contribution is 7.99. The lowest BCUT2D eigenvalue weighted by molar-refractivity contribution is 0.563. The lowest BCUT2D eigenvalue weighted by atomic mass is 10.2. The molecule has 3 rings (SSSR count). The number of halogens is 1. The van der Waals surface area contributed by atoms with Gasteiger partial charge in [0.05, 0.1) is 22.3 Å². The zero-order valence-corrected chi connectivity index (χ0v) is 16.4. The Morgan fingerprint density at radius 2 is 1.82 bits per heavy atom. The molecule has 0 amide bonds. The first-order chi connectivity index (χ1) is 13.4. The van der Waals surface area contributed by atoms with E-state index in [0.717, 1.165) is 18.9 Å². The van der Waals surface area contributed by atoms with E-state index in [0.29, 0.717) is 22.7 Å². The van der Waals surface area contributed by atoms with Gasteiger partial charge in [0, 0.05) is 16.3 Å². The maximum atomic E-state index is 12.5. The minimum Gasteiger partial charge on any atom is -0.258 e. The van der Waals surface area contributed by atoms with Gasteiger partial charge in [0.15, 0.2) is 0 Å². The van der Waals surface area contributed by atoms with E-state index in [1.807, 2.05) is 13.0 Å². The van der Waals surface area contributed by atoms with Gasteiger partial charge >= 0.3 is 17.1 Å². The summed E-state index contributed by atoms with van der Waals surface area (Å²) in [4.78, 5) is 40.3. The molecule has 0 bridgehead atoms. The molecule has 142 valence electrons. The van der Waals surface area contributed by atoms with Crippen molar-refractivity contribution < 1.29 is 0 Å². The zero-order valence-electron chi connectivity index (χ0n) is 14.8. The van der Waals surface area contributed by atoms with Crippen molar-refractivity contribution in [3.05, 3.63) is 84.5 Å². The van der Waals surface area contributed by atoms with Gasteiger partial charge in [-0.25, -0.2) is 23.5 Å². The van der Waals surface area contributed by atoms with Gasteiger partial charge in [0.2, 0.25) is 0 Å². The summed E-state index contributed by atoms with van der Waals surface area (Å²) in [5.41, 5.74) is -1.34. The summed E-state index contributed by atoms with van der Waals surface area (Å²) in [6, 6.07) is 13.8. The smallest absolute Gasteiger partial charge is 0.258 e. The summed E-state index contributed by atoms with van der Waals surface area (Å²) in [6.45, 7) is 2.06. The molecule has 0 atom stereocenters. The number of nitriles is 1. The summed E-state index contributed by atoms with van der Waals surface area (Å²) in [5, 5.41) is 9.37. The number of nitrogens with zero attached hydrogens (tertiary/aromatic N) is 3. The van der Waals surface area contributed by atoms with Crippen LogP contribution in [0.4, 0.5) is 0 Å². The van der Waals surface area contributed by atoms with Crippen LogP contribution in [-0.4, -0.2) is 14.1 Å². The van der Waals surface area contributed by atoms with Gasteiger partial charge in [-0.1, -0.05) is 30.3 Å². The standard InChI is InChI=1S/C19H15ClN4O3S/c1-2-9-23-17(25)22-18(26)24(19(23)27)13-4-6-14(7-5-13)28-16-8-3-12(11-21)10-15(16)20/h3-8,10H,2,9H2,1H3,(H,22,25,26). The highest BCUT2D eigenvalue weighted by Crippen LogP contribution is 2.33. The second-order valence-corrected chi connectivity index (χ2v) is 7.38. The summed E-state index contributed by atoms with van der Waals surface area (Å²) in [7, 11) is 0. The molecule has 0 saturated heterocycles. The van der Waals surface area contributed by atoms with Gasteiger partial charge < -0.3 is 0 Å². The van der Waals surface area contributed by atoms with E-state index < -0.39 is 17.1 Å². The van der Waals surface area contributed by atoms with Crippen molar-refractivity contribution in [1.29, 1.82) is 5.26 Å². The van der Waals surface area contributed by atoms with Gasteiger partial charge in [-0.15, -0.1) is 0 Å². The van der Waals surface area contributed by atoms with Crippen molar-refractivity contribution in [3.8, 4) is 11.8 Å². The molecule has 1 N–H and O–H groups in total. The van der Waals surface area contributed by atoms with Crippen LogP contribution in [0.1, 0.15) is 18.9 Å². The highest BCUT2D eigenvalue weighted by atomic mass is 35.5. The Balaban J connectivity index is 1.95. The molecule has 0 fully saturated rings. The van der Waals surface area contributed by atoms with Crippen molar-refractivity contribution in [1.82, 2.24) is 14.1 Å². The number of aromatic nitrogens is 3. The maximum absolute atomic E-state index is 12.5. The fraction of sp³-hybridized carbons (Fsp3) is 0.158. The second kappa shape index (κ2) is 8.33. The monoisotopic (exact) mass is 414 g/mol. The number of rotatable bonds is 5. The average Bonchev–Trinajstić information content (AvgIpc) is 2.67. The number of benzene rings is 2. The Kier molecular flexibility index (Phi) is 5.87. The molecule has 0 saturated carbocycles. The molecule has 3 aromatic rings. The Morgan fingerprint density at radius 3 is 2.43 bits per heavy atom. The van der Waals surface area contributed by atoms with Gasteiger partial charge in [0.25, 0.3) is 0 Å². The number of H-pyrrole nitrogens is 1. The van der Waals surface area contributed by atoms with Gasteiger partial charge in [-0.2, -0.15) is 5.26 Å². The molecule has 0 unspecified atom stereocenters. The van der Waals surface area contributed by atoms with E-state index in [1.165, 1.54) is 11.8 Å². The van der Waals surface area contributed by atoms with Crippen molar-refractivity contribution >= 4 is 23.4 Å². The van der Waals surface area contributed by atoms with Crippen molar-refractivity contribution in [2.45, 2.75) is 29.7 Å². The Bertz CT molecular complexity index is 1240. The Hall–Kier alpha value is -3.02. The van der Waals surface area contributed by atoms with E-state index in [1.54, 1.807) is 42.5 Å². The normalized spacial score (nSPS) is 10.6. The molecule has 0 spiro atoms. The van der Waals surface area contributed by atoms with Crippen LogP contribution in [0.5, 0.6) is 0 Å². The Morgan fingerprint density at radius 1 is 1.11 bits per heavy atom. The van der Waals surface area contributed by atoms with Crippen molar-refractivity contribution in [2.75, 3.05) is 0 Å². The number of hydrogen-bond donors (Lipinski definition) is 1. The molecule has 0 aliphatic carbocycles. The summed E-state index contributed by atoms with van der Waals surface area (Å²) in [5.74, 6) is 0. The fourth-order valence-corrected chi connectivity index (χ4v) is 3.72. The zero-order chi connectivity index (χ0) is 20.3. The molecule has 0 aliphatic heterocycles. The summed E-state index contributed by atoms with van der Waals surface area (Å²) >= 11 is 7.58. The first kappa shape index (κ1) is 19.7. The predicted molar refractivity (Wildman–Crippen MR) is 108 cm³/mol. The maximum Gasteiger partial charge on any atom is 0.340 e. The first-order valence-electron chi connectivity index (χ1n) is 8.38. The molecule has 9 heteroatoms. The minimum absolute atomic E-state index is 0.222. The number of hydrogen-bond acceptors (Lipinski definition) is 5. The van der Waals surface area contributed by atoms with Crippen molar-refractivity contribution in [2.24, 2.45) is 0 Å². The molecule has 0 radical (unpaired) electrons. The van der Waals surface area contributed by atoms with Gasteiger partial charge in [-0.05, 0) is 48.9 Å². The van der Waals surface area contributed by atoms with Crippen LogP contribution in [0, 0.1) is 11.3 Å². The van der Waals surface area contributed by atoms with Crippen LogP contribution in [0.2, 0.25) is 5.02 Å². The molecular weight excluding hydrogens is 400 g/mol. The van der Waals surface area contributed by atoms with Gasteiger partial charge in [-0.3, -0.25) is 4.98 Å². The molecule has 2 aromatic carbocycles. The summed E-state index contributed by atoms with van der Waals surface area (Å²) < 4.78 is 1.93. The largest absolute Gasteiger partial charge is 0.340 e. The van der Waals surface area contributed by atoms with Crippen LogP contribution in [0.25, 0.3) is 5.69 Å². The van der Waals surface area contributed by atoms with E-state index in [2.05, 4.69) is 4.98 Å². The Labute approximate surface area is 168 Å². The third-order valence-electron chi connectivity index (χ3n) is 3.92. The first-order valence-corrected chi connectivity index (χ1v) is 9.58. The lowest BCUT2D eigenvalue weighted by Gasteiger charge is -2.09. The van der Waals surface area contributed by atoms with Crippen LogP contribution >= 0.6 is 23.4 Å². The lowest BCUT2D eigenvalue weighted by Crippen LogP contribution is -2.48. The minimum atomic E-state index is -0.780. The van der Waals surface area contributed by atoms with Crippen LogP contribution in [-0.2, 0) is 6.54 Å². The van der Waals surface area contributed by atoms with E-state index in [4.69, 9.17) is 16.9 Å². The highest BCUT2D eigenvalue weighted by Gasteiger charge is 2.11. The SMILES string of the molecule is CCCn1c(=O)[nH]c(=O)n(-c2ccc(Sc3ccc(C#N)cc3Cl)cc2)c1=O. The molecule has 28 heavy (non-hydrogen) atoms. The molecule has 0 aliphatic rings. The quantitative estimate of drug-likeness (QED) is 0.691. The molecule has 1 aromatic heterocycles. The molecular formula is C19H15ClN4O3S. The fourth-order valence-electron chi connectivity index (χ4n) is 2.60. The number of nitrogens with one attached hydrogen (secondary N) is 1. The number of aromatic amines is 1. The van der Waals surface area contributed by atoms with Crippen LogP contribution in [0.3, 0.4) is 0 Å². The van der Waals surface area contributed by atoms with Gasteiger partial charge in [0.1, 0.15) is 0 Å². The van der Waals surface area contributed by atoms with Crippen molar-refractivity contribution in [3.63, 3.8) is 0 Å². The van der Waals surface area contributed by atoms with E-state index in [9.17, 15) is 14.4 Å². The van der Waals surface area contributed by atoms with E-state index >= 15 is 0 Å². The van der Waals surface area contributed by atoms with E-state index in [-0.39, 0.29) is 6.54 Å². The predicted octanol–water partition coefficient (Wildman–Crippen LogP) is 2.77. The van der Waals surface area contributed by atoms with Crippen LogP contribution in [0.15, 0.2) is 66.6 Å². The third-order valence-corrected chi connectivity index (χ3v) is 5.42. The average molecular weight is 415 g/mol. The third kappa shape index (κ3) is 3.96. The molecule has 7 nitrogen and oxygen atoms in total. The second-order valence-electron chi connectivity index (χ2n) is 5.86. The topological polar surface area (TPSA) is 101 Å². The summed E-state index contributed by atoms with van der Waals surface area (Å²) in [6.07, 6.45) is 0.585. The molecule has 1 heterocycles. The van der Waals surface area contributed by atoms with Crippen LogP contribution < -0.4 is 17.1 Å².